The summed E-state index contributed by atoms with van der Waals surface area (Å²) >= 11 is 0. The fourth-order valence-electron chi connectivity index (χ4n) is 1.66. The number of ether oxygens (including phenoxy) is 1. The van der Waals surface area contributed by atoms with Gasteiger partial charge in [-0.3, -0.25) is 4.79 Å². The number of hydrogen-bond acceptors (Lipinski definition) is 4. The second kappa shape index (κ2) is 4.94. The predicted molar refractivity (Wildman–Crippen MR) is 59.4 cm³/mol. The highest BCUT2D eigenvalue weighted by Crippen LogP contribution is 2.12. The number of carbonyl (C=O) groups excluding carboxylic acids is 1. The van der Waals surface area contributed by atoms with Gasteiger partial charge in [0.2, 0.25) is 5.91 Å². The van der Waals surface area contributed by atoms with Gasteiger partial charge in [0.15, 0.2) is 0 Å². The highest BCUT2D eigenvalue weighted by Gasteiger charge is 2.22. The summed E-state index contributed by atoms with van der Waals surface area (Å²) in [6, 6.07) is 5.38. The number of nitrogen functional groups attached to an aromatic ring is 1. The number of nitrogens with one attached hydrogen (secondary N) is 1. The van der Waals surface area contributed by atoms with E-state index in [2.05, 4.69) is 10.3 Å². The first kappa shape index (κ1) is 10.9. The maximum atomic E-state index is 11.7. The minimum absolute atomic E-state index is 0.0129. The molecule has 5 nitrogen and oxygen atoms in total. The molecule has 0 aliphatic carbocycles. The smallest absolute Gasteiger partial charge is 0.225 e. The zero-order valence-electron chi connectivity index (χ0n) is 8.98. The van der Waals surface area contributed by atoms with E-state index in [1.54, 1.807) is 6.07 Å². The Bertz CT molecular complexity index is 375. The molecule has 1 aromatic rings. The van der Waals surface area contributed by atoms with Crippen molar-refractivity contribution in [3.05, 3.63) is 23.9 Å². The molecule has 1 aliphatic heterocycles. The van der Waals surface area contributed by atoms with Crippen molar-refractivity contribution in [2.75, 3.05) is 18.9 Å². The van der Waals surface area contributed by atoms with Crippen LogP contribution in [0.15, 0.2) is 18.2 Å². The molecule has 2 heterocycles. The van der Waals surface area contributed by atoms with Crippen molar-refractivity contribution in [3.8, 4) is 0 Å². The largest absolute Gasteiger partial charge is 0.384 e. The molecule has 1 saturated heterocycles. The van der Waals surface area contributed by atoms with E-state index in [0.717, 1.165) is 12.1 Å². The maximum Gasteiger partial charge on any atom is 0.225 e. The van der Waals surface area contributed by atoms with Gasteiger partial charge in [0.05, 0.1) is 24.8 Å². The van der Waals surface area contributed by atoms with Crippen molar-refractivity contribution < 1.29 is 9.53 Å². The summed E-state index contributed by atoms with van der Waals surface area (Å²) in [5, 5.41) is 2.83. The van der Waals surface area contributed by atoms with Crippen LogP contribution in [0.5, 0.6) is 0 Å². The average molecular weight is 221 g/mol. The number of pyridine rings is 1. The molecular formula is C11H15N3O2. The van der Waals surface area contributed by atoms with Crippen molar-refractivity contribution >= 4 is 11.7 Å². The Balaban J connectivity index is 1.84. The van der Waals surface area contributed by atoms with Crippen LogP contribution in [0.2, 0.25) is 0 Å². The molecule has 1 fully saturated rings. The molecule has 1 amide bonds. The zero-order valence-corrected chi connectivity index (χ0v) is 8.98. The van der Waals surface area contributed by atoms with Gasteiger partial charge in [-0.15, -0.1) is 0 Å². The minimum Gasteiger partial charge on any atom is -0.384 e. The number of rotatable bonds is 3. The summed E-state index contributed by atoms with van der Waals surface area (Å²) < 4.78 is 5.15. The van der Waals surface area contributed by atoms with Gasteiger partial charge in [-0.25, -0.2) is 4.98 Å². The Kier molecular flexibility index (Phi) is 3.36. The van der Waals surface area contributed by atoms with E-state index in [1.807, 2.05) is 12.1 Å². The molecule has 0 radical (unpaired) electrons. The summed E-state index contributed by atoms with van der Waals surface area (Å²) in [5.74, 6) is 0.485. The van der Waals surface area contributed by atoms with Crippen LogP contribution in [-0.2, 0) is 16.1 Å². The first-order chi connectivity index (χ1) is 7.75. The van der Waals surface area contributed by atoms with Crippen LogP contribution in [0.4, 0.5) is 5.82 Å². The number of carbonyl (C=O) groups is 1. The SMILES string of the molecule is Nc1cccc(CNC(=O)C2CCOC2)n1. The predicted octanol–water partition coefficient (Wildman–Crippen LogP) is 0.316. The lowest BCUT2D eigenvalue weighted by molar-refractivity contribution is -0.125. The van der Waals surface area contributed by atoms with Gasteiger partial charge in [0.25, 0.3) is 0 Å². The second-order valence-electron chi connectivity index (χ2n) is 3.83. The van der Waals surface area contributed by atoms with E-state index in [0.29, 0.717) is 25.6 Å². The molecule has 1 aromatic heterocycles. The number of amides is 1. The van der Waals surface area contributed by atoms with Crippen LogP contribution >= 0.6 is 0 Å². The van der Waals surface area contributed by atoms with Gasteiger partial charge in [-0.1, -0.05) is 6.07 Å². The van der Waals surface area contributed by atoms with Gasteiger partial charge < -0.3 is 15.8 Å². The van der Waals surface area contributed by atoms with Crippen LogP contribution in [-0.4, -0.2) is 24.1 Å². The van der Waals surface area contributed by atoms with E-state index in [1.165, 1.54) is 0 Å². The normalized spacial score (nSPS) is 19.6. The molecule has 0 aromatic carbocycles. The lowest BCUT2D eigenvalue weighted by Gasteiger charge is -2.08. The third-order valence-corrected chi connectivity index (χ3v) is 2.57. The van der Waals surface area contributed by atoms with Crippen LogP contribution < -0.4 is 11.1 Å². The highest BCUT2D eigenvalue weighted by molar-refractivity contribution is 5.78. The van der Waals surface area contributed by atoms with Crippen LogP contribution in [0.25, 0.3) is 0 Å². The molecular weight excluding hydrogens is 206 g/mol. The fourth-order valence-corrected chi connectivity index (χ4v) is 1.66. The van der Waals surface area contributed by atoms with Gasteiger partial charge in [-0.2, -0.15) is 0 Å². The fraction of sp³-hybridized carbons (Fsp3) is 0.455. The van der Waals surface area contributed by atoms with Gasteiger partial charge in [0, 0.05) is 6.61 Å². The molecule has 3 N–H and O–H groups in total. The number of anilines is 1. The first-order valence-corrected chi connectivity index (χ1v) is 5.32. The van der Waals surface area contributed by atoms with Crippen LogP contribution in [0, 0.1) is 5.92 Å². The third-order valence-electron chi connectivity index (χ3n) is 2.57. The summed E-state index contributed by atoms with van der Waals surface area (Å²) in [6.07, 6.45) is 0.802. The highest BCUT2D eigenvalue weighted by atomic mass is 16.5. The lowest BCUT2D eigenvalue weighted by atomic mass is 10.1. The molecule has 1 aliphatic rings. The molecule has 0 spiro atoms. The standard InChI is InChI=1S/C11H15N3O2/c12-10-3-1-2-9(14-10)6-13-11(15)8-4-5-16-7-8/h1-3,8H,4-7H2,(H2,12,14)(H,13,15). The molecule has 86 valence electrons. The maximum absolute atomic E-state index is 11.7. The van der Waals surface area contributed by atoms with E-state index < -0.39 is 0 Å². The van der Waals surface area contributed by atoms with E-state index in [4.69, 9.17) is 10.5 Å². The van der Waals surface area contributed by atoms with Crippen molar-refractivity contribution in [1.82, 2.24) is 10.3 Å². The van der Waals surface area contributed by atoms with E-state index in [-0.39, 0.29) is 11.8 Å². The molecule has 1 unspecified atom stereocenters. The summed E-state index contributed by atoms with van der Waals surface area (Å²) in [4.78, 5) is 15.8. The van der Waals surface area contributed by atoms with Crippen molar-refractivity contribution in [1.29, 1.82) is 0 Å². The Morgan fingerprint density at radius 2 is 2.50 bits per heavy atom. The topological polar surface area (TPSA) is 77.2 Å². The Labute approximate surface area is 94.0 Å². The lowest BCUT2D eigenvalue weighted by Crippen LogP contribution is -2.30. The van der Waals surface area contributed by atoms with Crippen LogP contribution in [0.3, 0.4) is 0 Å². The molecule has 0 bridgehead atoms. The molecule has 1 atom stereocenters. The zero-order chi connectivity index (χ0) is 11.4. The quantitative estimate of drug-likeness (QED) is 0.770. The average Bonchev–Trinajstić information content (AvgIpc) is 2.79. The van der Waals surface area contributed by atoms with Gasteiger partial charge in [-0.05, 0) is 18.6 Å². The molecule has 2 rings (SSSR count). The number of aromatic nitrogens is 1. The number of nitrogens with zero attached hydrogens (tertiary/aromatic N) is 1. The van der Waals surface area contributed by atoms with Crippen molar-refractivity contribution in [3.63, 3.8) is 0 Å². The van der Waals surface area contributed by atoms with Crippen molar-refractivity contribution in [2.24, 2.45) is 5.92 Å². The third kappa shape index (κ3) is 2.70. The minimum atomic E-state index is -0.0129. The number of hydrogen-bond donors (Lipinski definition) is 2. The summed E-state index contributed by atoms with van der Waals surface area (Å²) in [6.45, 7) is 1.62. The number of nitrogens with two attached hydrogens (primary N) is 1. The molecule has 5 heteroatoms. The Morgan fingerprint density at radius 3 is 3.19 bits per heavy atom. The summed E-state index contributed by atoms with van der Waals surface area (Å²) in [5.41, 5.74) is 6.31. The van der Waals surface area contributed by atoms with Gasteiger partial charge >= 0.3 is 0 Å². The van der Waals surface area contributed by atoms with Crippen molar-refractivity contribution in [2.45, 2.75) is 13.0 Å². The monoisotopic (exact) mass is 221 g/mol. The Hall–Kier alpha value is -1.62. The first-order valence-electron chi connectivity index (χ1n) is 5.32. The molecule has 16 heavy (non-hydrogen) atoms. The summed E-state index contributed by atoms with van der Waals surface area (Å²) in [7, 11) is 0. The second-order valence-corrected chi connectivity index (χ2v) is 3.83. The Morgan fingerprint density at radius 1 is 1.62 bits per heavy atom. The molecule has 0 saturated carbocycles. The van der Waals surface area contributed by atoms with Gasteiger partial charge in [0.1, 0.15) is 5.82 Å². The van der Waals surface area contributed by atoms with Crippen LogP contribution in [0.1, 0.15) is 12.1 Å². The van der Waals surface area contributed by atoms with E-state index >= 15 is 0 Å². The van der Waals surface area contributed by atoms with E-state index in [9.17, 15) is 4.79 Å².